The number of nitrogens with one attached hydrogen (secondary N) is 2. The molecule has 0 saturated carbocycles. The van der Waals surface area contributed by atoms with E-state index in [1.807, 2.05) is 68.4 Å². The quantitative estimate of drug-likeness (QED) is 0.534. The number of nitrogens with zero attached hydrogens (tertiary/aromatic N) is 1. The third-order valence-electron chi connectivity index (χ3n) is 3.16. The number of nitrogens with two attached hydrogens (primary N) is 1. The fourth-order valence-electron chi connectivity index (χ4n) is 2.12. The number of rotatable bonds is 7. The molecule has 0 saturated heterocycles. The molecule has 2 rings (SSSR count). The van der Waals surface area contributed by atoms with Gasteiger partial charge in [-0.05, 0) is 38.1 Å². The second kappa shape index (κ2) is 9.32. The molecule has 0 unspecified atom stereocenters. The van der Waals surface area contributed by atoms with Crippen LogP contribution in [-0.2, 0) is 4.79 Å². The molecule has 0 aliphatic carbocycles. The molecule has 2 aromatic carbocycles. The molecule has 0 radical (unpaired) electrons. The zero-order chi connectivity index (χ0) is 18.1. The van der Waals surface area contributed by atoms with E-state index in [4.69, 9.17) is 10.5 Å². The smallest absolute Gasteiger partial charge is 0.222 e. The first-order valence-corrected chi connectivity index (χ1v) is 8.22. The molecule has 0 aliphatic heterocycles. The van der Waals surface area contributed by atoms with E-state index in [9.17, 15) is 4.79 Å². The average Bonchev–Trinajstić information content (AvgIpc) is 2.55. The number of aliphatic imine (C=N–C) groups is 1. The molecule has 0 aromatic heterocycles. The number of amides is 1. The molecule has 132 valence electrons. The largest absolute Gasteiger partial charge is 0.457 e. The third kappa shape index (κ3) is 6.95. The fraction of sp³-hybridized carbons (Fsp3) is 0.263. The van der Waals surface area contributed by atoms with E-state index in [-0.39, 0.29) is 17.9 Å². The molecule has 1 amide bonds. The van der Waals surface area contributed by atoms with Gasteiger partial charge in [0.05, 0.1) is 6.54 Å². The third-order valence-corrected chi connectivity index (χ3v) is 3.16. The van der Waals surface area contributed by atoms with Crippen LogP contribution in [-0.4, -0.2) is 24.5 Å². The van der Waals surface area contributed by atoms with Crippen molar-refractivity contribution in [2.24, 2.45) is 10.7 Å². The topological polar surface area (TPSA) is 88.7 Å². The summed E-state index contributed by atoms with van der Waals surface area (Å²) < 4.78 is 5.78. The predicted octanol–water partition coefficient (Wildman–Crippen LogP) is 3.12. The lowest BCUT2D eigenvalue weighted by molar-refractivity contribution is -0.121. The number of carbonyl (C=O) groups excluding carboxylic acids is 1. The van der Waals surface area contributed by atoms with E-state index >= 15 is 0 Å². The van der Waals surface area contributed by atoms with Crippen molar-refractivity contribution in [2.45, 2.75) is 26.3 Å². The minimum absolute atomic E-state index is 0.0372. The summed E-state index contributed by atoms with van der Waals surface area (Å²) in [6.07, 6.45) is 0.303. The Morgan fingerprint density at radius 1 is 1.12 bits per heavy atom. The highest BCUT2D eigenvalue weighted by Crippen LogP contribution is 2.23. The van der Waals surface area contributed by atoms with E-state index < -0.39 is 0 Å². The van der Waals surface area contributed by atoms with Crippen LogP contribution in [0.25, 0.3) is 0 Å². The first-order chi connectivity index (χ1) is 12.0. The summed E-state index contributed by atoms with van der Waals surface area (Å²) in [6, 6.07) is 17.1. The molecule has 0 fully saturated rings. The van der Waals surface area contributed by atoms with E-state index in [1.54, 1.807) is 0 Å². The summed E-state index contributed by atoms with van der Waals surface area (Å²) in [6.45, 7) is 4.17. The molecule has 0 bridgehead atoms. The minimum Gasteiger partial charge on any atom is -0.457 e. The Morgan fingerprint density at radius 3 is 2.56 bits per heavy atom. The number of guanidine groups is 1. The van der Waals surface area contributed by atoms with Gasteiger partial charge < -0.3 is 21.1 Å². The summed E-state index contributed by atoms with van der Waals surface area (Å²) in [5.41, 5.74) is 6.63. The van der Waals surface area contributed by atoms with Crippen LogP contribution >= 0.6 is 0 Å². The van der Waals surface area contributed by atoms with Gasteiger partial charge in [0.1, 0.15) is 11.5 Å². The van der Waals surface area contributed by atoms with Crippen molar-refractivity contribution in [2.75, 3.05) is 11.9 Å². The highest BCUT2D eigenvalue weighted by atomic mass is 16.5. The van der Waals surface area contributed by atoms with Gasteiger partial charge in [-0.25, -0.2) is 0 Å². The van der Waals surface area contributed by atoms with Crippen molar-refractivity contribution in [3.63, 3.8) is 0 Å². The summed E-state index contributed by atoms with van der Waals surface area (Å²) in [5.74, 6) is 1.68. The zero-order valence-corrected chi connectivity index (χ0v) is 14.5. The monoisotopic (exact) mass is 340 g/mol. The van der Waals surface area contributed by atoms with Gasteiger partial charge in [0.15, 0.2) is 5.96 Å². The Kier molecular flexibility index (Phi) is 6.83. The first-order valence-electron chi connectivity index (χ1n) is 8.22. The van der Waals surface area contributed by atoms with Crippen molar-refractivity contribution in [1.82, 2.24) is 5.32 Å². The van der Waals surface area contributed by atoms with Crippen molar-refractivity contribution in [3.8, 4) is 11.5 Å². The second-order valence-corrected chi connectivity index (χ2v) is 5.81. The lowest BCUT2D eigenvalue weighted by Crippen LogP contribution is -2.30. The van der Waals surface area contributed by atoms with Gasteiger partial charge >= 0.3 is 0 Å². The van der Waals surface area contributed by atoms with E-state index in [1.165, 1.54) is 0 Å². The van der Waals surface area contributed by atoms with Gasteiger partial charge in [-0.15, -0.1) is 0 Å². The number of anilines is 1. The van der Waals surface area contributed by atoms with Crippen LogP contribution in [0.2, 0.25) is 0 Å². The molecule has 25 heavy (non-hydrogen) atoms. The van der Waals surface area contributed by atoms with E-state index in [2.05, 4.69) is 15.6 Å². The van der Waals surface area contributed by atoms with Gasteiger partial charge in [-0.3, -0.25) is 9.79 Å². The van der Waals surface area contributed by atoms with Crippen LogP contribution in [0.5, 0.6) is 11.5 Å². The maximum absolute atomic E-state index is 11.6. The molecule has 0 atom stereocenters. The normalized spacial score (nSPS) is 11.2. The van der Waals surface area contributed by atoms with Crippen LogP contribution in [0, 0.1) is 0 Å². The number of hydrogen-bond acceptors (Lipinski definition) is 3. The SMILES string of the molecule is CC(C)NC(=O)CCN=C(N)Nc1cccc(Oc2ccccc2)c1. The van der Waals surface area contributed by atoms with Crippen LogP contribution in [0.3, 0.4) is 0 Å². The number of para-hydroxylation sites is 1. The molecular formula is C19H24N4O2. The van der Waals surface area contributed by atoms with Gasteiger partial charge in [-0.1, -0.05) is 24.3 Å². The summed E-state index contributed by atoms with van der Waals surface area (Å²) in [4.78, 5) is 15.7. The first kappa shape index (κ1) is 18.3. The summed E-state index contributed by atoms with van der Waals surface area (Å²) >= 11 is 0. The molecule has 0 aliphatic rings. The van der Waals surface area contributed by atoms with Gasteiger partial charge in [0.2, 0.25) is 5.91 Å². The minimum atomic E-state index is -0.0372. The molecule has 0 heterocycles. The van der Waals surface area contributed by atoms with Gasteiger partial charge in [0.25, 0.3) is 0 Å². The van der Waals surface area contributed by atoms with Crippen LogP contribution in [0.4, 0.5) is 5.69 Å². The Bertz CT molecular complexity index is 714. The standard InChI is InChI=1S/C19H24N4O2/c1-14(2)22-18(24)11-12-21-19(20)23-15-7-6-10-17(13-15)25-16-8-4-3-5-9-16/h3-10,13-14H,11-12H2,1-2H3,(H,22,24)(H3,20,21,23). The molecule has 2 aromatic rings. The van der Waals surface area contributed by atoms with Gasteiger partial charge in [0, 0.05) is 24.2 Å². The Morgan fingerprint density at radius 2 is 1.84 bits per heavy atom. The van der Waals surface area contributed by atoms with Crippen molar-refractivity contribution < 1.29 is 9.53 Å². The maximum Gasteiger partial charge on any atom is 0.222 e. The lowest BCUT2D eigenvalue weighted by atomic mass is 10.3. The number of benzene rings is 2. The Hall–Kier alpha value is -3.02. The lowest BCUT2D eigenvalue weighted by Gasteiger charge is -2.10. The van der Waals surface area contributed by atoms with E-state index in [0.717, 1.165) is 11.4 Å². The summed E-state index contributed by atoms with van der Waals surface area (Å²) in [7, 11) is 0. The molecule has 4 N–H and O–H groups in total. The average molecular weight is 340 g/mol. The fourth-order valence-corrected chi connectivity index (χ4v) is 2.12. The van der Waals surface area contributed by atoms with Gasteiger partial charge in [-0.2, -0.15) is 0 Å². The van der Waals surface area contributed by atoms with Crippen LogP contribution in [0.1, 0.15) is 20.3 Å². The number of hydrogen-bond donors (Lipinski definition) is 3. The molecule has 0 spiro atoms. The molecule has 6 heteroatoms. The Balaban J connectivity index is 1.88. The van der Waals surface area contributed by atoms with Crippen molar-refractivity contribution >= 4 is 17.6 Å². The zero-order valence-electron chi connectivity index (χ0n) is 14.5. The highest BCUT2D eigenvalue weighted by Gasteiger charge is 2.03. The molecule has 6 nitrogen and oxygen atoms in total. The van der Waals surface area contributed by atoms with Crippen LogP contribution < -0.4 is 21.1 Å². The summed E-state index contributed by atoms with van der Waals surface area (Å²) in [5, 5.41) is 5.81. The number of carbonyl (C=O) groups is 1. The maximum atomic E-state index is 11.6. The molecular weight excluding hydrogens is 316 g/mol. The van der Waals surface area contributed by atoms with Crippen LogP contribution in [0.15, 0.2) is 59.6 Å². The van der Waals surface area contributed by atoms with Crippen molar-refractivity contribution in [1.29, 1.82) is 0 Å². The second-order valence-electron chi connectivity index (χ2n) is 5.81. The highest BCUT2D eigenvalue weighted by molar-refractivity contribution is 5.92. The van der Waals surface area contributed by atoms with E-state index in [0.29, 0.717) is 18.7 Å². The Labute approximate surface area is 148 Å². The number of ether oxygens (including phenoxy) is 1. The predicted molar refractivity (Wildman–Crippen MR) is 101 cm³/mol. The van der Waals surface area contributed by atoms with Crippen molar-refractivity contribution in [3.05, 3.63) is 54.6 Å².